The Morgan fingerprint density at radius 3 is 2.61 bits per heavy atom. The van der Waals surface area contributed by atoms with E-state index in [9.17, 15) is 4.79 Å². The molecule has 1 rings (SSSR count). The van der Waals surface area contributed by atoms with Gasteiger partial charge in [-0.15, -0.1) is 0 Å². The van der Waals surface area contributed by atoms with E-state index >= 15 is 0 Å². The molecule has 5 heteroatoms. The largest absolute Gasteiger partial charge is 0.492 e. The van der Waals surface area contributed by atoms with E-state index in [4.69, 9.17) is 10.5 Å². The van der Waals surface area contributed by atoms with Crippen LogP contribution in [0.15, 0.2) is 18.3 Å². The fourth-order valence-corrected chi connectivity index (χ4v) is 1.63. The molecule has 0 radical (unpaired) electrons. The molecule has 0 aromatic carbocycles. The van der Waals surface area contributed by atoms with Crippen molar-refractivity contribution in [3.8, 4) is 5.75 Å². The van der Waals surface area contributed by atoms with Crippen LogP contribution in [0.25, 0.3) is 0 Å². The fourth-order valence-electron chi connectivity index (χ4n) is 1.63. The maximum absolute atomic E-state index is 10.8. The number of pyridine rings is 1. The molecular formula is C13H21N3O2. The van der Waals surface area contributed by atoms with Gasteiger partial charge in [-0.05, 0) is 31.6 Å². The van der Waals surface area contributed by atoms with Crippen LogP contribution in [0.4, 0.5) is 0 Å². The van der Waals surface area contributed by atoms with E-state index in [1.54, 1.807) is 12.1 Å². The van der Waals surface area contributed by atoms with E-state index in [0.717, 1.165) is 26.1 Å². The lowest BCUT2D eigenvalue weighted by atomic mass is 10.3. The fraction of sp³-hybridized carbons (Fsp3) is 0.538. The van der Waals surface area contributed by atoms with Gasteiger partial charge in [-0.25, -0.2) is 4.98 Å². The SMILES string of the molecule is CCN(CC)CCCOc1ccc(C(N)=O)nc1. The minimum atomic E-state index is -0.525. The van der Waals surface area contributed by atoms with Crippen LogP contribution in [0.3, 0.4) is 0 Å². The number of carbonyl (C=O) groups is 1. The summed E-state index contributed by atoms with van der Waals surface area (Å²) in [6, 6.07) is 3.28. The molecule has 0 fully saturated rings. The van der Waals surface area contributed by atoms with Crippen LogP contribution < -0.4 is 10.5 Å². The van der Waals surface area contributed by atoms with Crippen molar-refractivity contribution in [3.05, 3.63) is 24.0 Å². The number of rotatable bonds is 8. The van der Waals surface area contributed by atoms with E-state index in [-0.39, 0.29) is 5.69 Å². The lowest BCUT2D eigenvalue weighted by molar-refractivity contribution is 0.0995. The first kappa shape index (κ1) is 14.4. The summed E-state index contributed by atoms with van der Waals surface area (Å²) < 4.78 is 5.54. The molecule has 0 aliphatic heterocycles. The van der Waals surface area contributed by atoms with Crippen molar-refractivity contribution in [1.82, 2.24) is 9.88 Å². The van der Waals surface area contributed by atoms with E-state index in [2.05, 4.69) is 23.7 Å². The Labute approximate surface area is 108 Å². The number of carbonyl (C=O) groups excluding carboxylic acids is 1. The number of hydrogen-bond acceptors (Lipinski definition) is 4. The Bertz CT molecular complexity index is 361. The van der Waals surface area contributed by atoms with Gasteiger partial charge in [0.2, 0.25) is 0 Å². The number of primary amides is 1. The number of aromatic nitrogens is 1. The highest BCUT2D eigenvalue weighted by Crippen LogP contribution is 2.09. The van der Waals surface area contributed by atoms with Gasteiger partial charge in [0, 0.05) is 6.54 Å². The second-order valence-corrected chi connectivity index (χ2v) is 3.97. The zero-order valence-corrected chi connectivity index (χ0v) is 11.1. The third-order valence-electron chi connectivity index (χ3n) is 2.77. The first-order valence-electron chi connectivity index (χ1n) is 6.28. The van der Waals surface area contributed by atoms with Gasteiger partial charge < -0.3 is 15.4 Å². The second kappa shape index (κ2) is 7.66. The number of nitrogens with two attached hydrogens (primary N) is 1. The smallest absolute Gasteiger partial charge is 0.267 e. The molecule has 0 saturated carbocycles. The minimum absolute atomic E-state index is 0.255. The molecule has 100 valence electrons. The van der Waals surface area contributed by atoms with Crippen molar-refractivity contribution < 1.29 is 9.53 Å². The average Bonchev–Trinajstić information content (AvgIpc) is 2.39. The highest BCUT2D eigenvalue weighted by atomic mass is 16.5. The Morgan fingerprint density at radius 2 is 2.11 bits per heavy atom. The van der Waals surface area contributed by atoms with Crippen LogP contribution in [0.2, 0.25) is 0 Å². The monoisotopic (exact) mass is 251 g/mol. The van der Waals surface area contributed by atoms with Crippen molar-refractivity contribution in [3.63, 3.8) is 0 Å². The van der Waals surface area contributed by atoms with Crippen LogP contribution >= 0.6 is 0 Å². The Balaban J connectivity index is 2.29. The molecule has 0 bridgehead atoms. The second-order valence-electron chi connectivity index (χ2n) is 3.97. The van der Waals surface area contributed by atoms with Gasteiger partial charge in [-0.2, -0.15) is 0 Å². The van der Waals surface area contributed by atoms with Crippen molar-refractivity contribution in [2.24, 2.45) is 5.73 Å². The molecule has 5 nitrogen and oxygen atoms in total. The topological polar surface area (TPSA) is 68.5 Å². The molecule has 2 N–H and O–H groups in total. The standard InChI is InChI=1S/C13H21N3O2/c1-3-16(4-2)8-5-9-18-11-6-7-12(13(14)17)15-10-11/h6-7,10H,3-5,8-9H2,1-2H3,(H2,14,17). The van der Waals surface area contributed by atoms with E-state index in [1.165, 1.54) is 6.20 Å². The van der Waals surface area contributed by atoms with Gasteiger partial charge in [0.1, 0.15) is 11.4 Å². The minimum Gasteiger partial charge on any atom is -0.492 e. The highest BCUT2D eigenvalue weighted by molar-refractivity contribution is 5.90. The predicted molar refractivity (Wildman–Crippen MR) is 70.7 cm³/mol. The molecule has 0 unspecified atom stereocenters. The van der Waals surface area contributed by atoms with Gasteiger partial charge in [-0.3, -0.25) is 4.79 Å². The molecule has 1 aromatic heterocycles. The van der Waals surface area contributed by atoms with Crippen LogP contribution in [0.1, 0.15) is 30.8 Å². The molecule has 0 atom stereocenters. The molecule has 0 spiro atoms. The zero-order valence-electron chi connectivity index (χ0n) is 11.1. The molecule has 1 amide bonds. The number of ether oxygens (including phenoxy) is 1. The number of hydrogen-bond donors (Lipinski definition) is 1. The van der Waals surface area contributed by atoms with Gasteiger partial charge in [0.15, 0.2) is 0 Å². The lowest BCUT2D eigenvalue weighted by Crippen LogP contribution is -2.25. The molecule has 1 aromatic rings. The van der Waals surface area contributed by atoms with E-state index in [0.29, 0.717) is 12.4 Å². The molecule has 0 aliphatic carbocycles. The lowest BCUT2D eigenvalue weighted by Gasteiger charge is -2.17. The van der Waals surface area contributed by atoms with Crippen molar-refractivity contribution in [2.45, 2.75) is 20.3 Å². The Kier molecular flexibility index (Phi) is 6.14. The summed E-state index contributed by atoms with van der Waals surface area (Å²) >= 11 is 0. The summed E-state index contributed by atoms with van der Waals surface area (Å²) in [6.45, 7) is 8.10. The molecule has 1 heterocycles. The van der Waals surface area contributed by atoms with Gasteiger partial charge >= 0.3 is 0 Å². The maximum atomic E-state index is 10.8. The quantitative estimate of drug-likeness (QED) is 0.707. The maximum Gasteiger partial charge on any atom is 0.267 e. The molecular weight excluding hydrogens is 230 g/mol. The van der Waals surface area contributed by atoms with Crippen molar-refractivity contribution in [2.75, 3.05) is 26.2 Å². The first-order valence-corrected chi connectivity index (χ1v) is 6.28. The van der Waals surface area contributed by atoms with Crippen LogP contribution in [-0.2, 0) is 0 Å². The van der Waals surface area contributed by atoms with E-state index in [1.807, 2.05) is 0 Å². The van der Waals surface area contributed by atoms with Crippen LogP contribution in [0, 0.1) is 0 Å². The Hall–Kier alpha value is -1.62. The van der Waals surface area contributed by atoms with Gasteiger partial charge in [0.05, 0.1) is 12.8 Å². The van der Waals surface area contributed by atoms with E-state index < -0.39 is 5.91 Å². The summed E-state index contributed by atoms with van der Waals surface area (Å²) in [5.74, 6) is 0.141. The molecule has 0 aliphatic rings. The van der Waals surface area contributed by atoms with Crippen molar-refractivity contribution >= 4 is 5.91 Å². The Morgan fingerprint density at radius 1 is 1.39 bits per heavy atom. The van der Waals surface area contributed by atoms with Gasteiger partial charge in [0.25, 0.3) is 5.91 Å². The molecule has 0 saturated heterocycles. The summed E-state index contributed by atoms with van der Waals surface area (Å²) in [5.41, 5.74) is 5.36. The average molecular weight is 251 g/mol. The molecule has 18 heavy (non-hydrogen) atoms. The summed E-state index contributed by atoms with van der Waals surface area (Å²) in [4.78, 5) is 17.1. The number of nitrogens with zero attached hydrogens (tertiary/aromatic N) is 2. The van der Waals surface area contributed by atoms with Crippen molar-refractivity contribution in [1.29, 1.82) is 0 Å². The highest BCUT2D eigenvalue weighted by Gasteiger charge is 2.02. The zero-order chi connectivity index (χ0) is 13.4. The third kappa shape index (κ3) is 4.71. The summed E-state index contributed by atoms with van der Waals surface area (Å²) in [6.07, 6.45) is 2.50. The predicted octanol–water partition coefficient (Wildman–Crippen LogP) is 1.29. The van der Waals surface area contributed by atoms with Gasteiger partial charge in [-0.1, -0.05) is 13.8 Å². The van der Waals surface area contributed by atoms with Crippen LogP contribution in [-0.4, -0.2) is 42.0 Å². The number of amides is 1. The first-order chi connectivity index (χ1) is 8.67. The normalized spacial score (nSPS) is 10.6. The van der Waals surface area contributed by atoms with Crippen LogP contribution in [0.5, 0.6) is 5.75 Å². The summed E-state index contributed by atoms with van der Waals surface area (Å²) in [7, 11) is 0. The summed E-state index contributed by atoms with van der Waals surface area (Å²) in [5, 5.41) is 0. The third-order valence-corrected chi connectivity index (χ3v) is 2.77.